The van der Waals surface area contributed by atoms with Crippen molar-refractivity contribution in [1.29, 1.82) is 0 Å². The van der Waals surface area contributed by atoms with Crippen molar-refractivity contribution < 1.29 is 40.3 Å². The summed E-state index contributed by atoms with van der Waals surface area (Å²) in [6.07, 6.45) is -10.3. The van der Waals surface area contributed by atoms with E-state index in [1.807, 2.05) is 0 Å². The minimum Gasteiger partial charge on any atom is -0.347 e. The third-order valence-corrected chi connectivity index (χ3v) is 5.21. The Morgan fingerprint density at radius 3 is 2.11 bits per heavy atom. The van der Waals surface area contributed by atoms with Gasteiger partial charge in [-0.1, -0.05) is 11.6 Å². The molecule has 0 saturated heterocycles. The van der Waals surface area contributed by atoms with Crippen molar-refractivity contribution in [3.8, 4) is 5.69 Å². The summed E-state index contributed by atoms with van der Waals surface area (Å²) in [6.45, 7) is 6.49. The Hall–Kier alpha value is -3.61. The quantitative estimate of drug-likeness (QED) is 0.343. The maximum absolute atomic E-state index is 13.6. The van der Waals surface area contributed by atoms with Crippen molar-refractivity contribution >= 4 is 29.1 Å². The lowest BCUT2D eigenvalue weighted by Gasteiger charge is -2.22. The first kappa shape index (κ1) is 29.0. The number of hydrogen-bond donors (Lipinski definition) is 2. The van der Waals surface area contributed by atoms with E-state index in [1.54, 1.807) is 20.8 Å². The van der Waals surface area contributed by atoms with Gasteiger partial charge in [0.1, 0.15) is 11.5 Å². The molecular formula is C24H20ClF7N4O2. The fourth-order valence-electron chi connectivity index (χ4n) is 3.46. The molecule has 0 aliphatic rings. The summed E-state index contributed by atoms with van der Waals surface area (Å²) in [5.41, 5.74) is -6.05. The number of nitrogens with zero attached hydrogens (tertiary/aromatic N) is 2. The molecule has 2 N–H and O–H groups in total. The van der Waals surface area contributed by atoms with Crippen LogP contribution < -0.4 is 10.6 Å². The van der Waals surface area contributed by atoms with E-state index in [1.165, 1.54) is 19.1 Å². The molecular weight excluding hydrogens is 545 g/mol. The Morgan fingerprint density at radius 1 is 0.921 bits per heavy atom. The molecule has 3 rings (SSSR count). The Bertz CT molecular complexity index is 1410. The fraction of sp³-hybridized carbons (Fsp3) is 0.292. The zero-order valence-corrected chi connectivity index (χ0v) is 21.0. The first-order chi connectivity index (χ1) is 17.3. The molecule has 0 fully saturated rings. The van der Waals surface area contributed by atoms with E-state index >= 15 is 0 Å². The summed E-state index contributed by atoms with van der Waals surface area (Å²) >= 11 is 6.05. The lowest BCUT2D eigenvalue weighted by Crippen LogP contribution is -2.41. The smallest absolute Gasteiger partial charge is 0.347 e. The molecule has 0 aliphatic heterocycles. The van der Waals surface area contributed by atoms with Crippen LogP contribution in [-0.4, -0.2) is 27.1 Å². The van der Waals surface area contributed by atoms with Gasteiger partial charge in [-0.15, -0.1) is 0 Å². The standard InChI is InChI=1S/C24H20ClF7N4O2/c1-11-7-12(25)8-14(20(37)34-22(2,3)4)19(11)33-21(38)17-10-18(24(30,31)32)35-36(17)16-6-5-13(26)9-15(16)23(27,28)29/h5-10H,1-4H3,(H,33,38)(H,34,37). The Balaban J connectivity index is 2.18. The molecule has 1 heterocycles. The van der Waals surface area contributed by atoms with Gasteiger partial charge in [-0.05, 0) is 63.6 Å². The van der Waals surface area contributed by atoms with Crippen molar-refractivity contribution in [2.75, 3.05) is 5.32 Å². The summed E-state index contributed by atoms with van der Waals surface area (Å²) < 4.78 is 95.0. The van der Waals surface area contributed by atoms with E-state index in [0.29, 0.717) is 12.1 Å². The van der Waals surface area contributed by atoms with Crippen LogP contribution in [-0.2, 0) is 12.4 Å². The average Bonchev–Trinajstić information content (AvgIpc) is 3.19. The Kier molecular flexibility index (Phi) is 7.57. The summed E-state index contributed by atoms with van der Waals surface area (Å²) in [5, 5.41) is 8.23. The van der Waals surface area contributed by atoms with Gasteiger partial charge in [-0.3, -0.25) is 9.59 Å². The molecule has 0 spiro atoms. The summed E-state index contributed by atoms with van der Waals surface area (Å²) in [4.78, 5) is 26.1. The average molecular weight is 565 g/mol. The lowest BCUT2D eigenvalue weighted by atomic mass is 10.0. The van der Waals surface area contributed by atoms with Gasteiger partial charge in [0.25, 0.3) is 11.8 Å². The molecule has 0 bridgehead atoms. The van der Waals surface area contributed by atoms with Crippen molar-refractivity contribution in [2.24, 2.45) is 0 Å². The van der Waals surface area contributed by atoms with Gasteiger partial charge in [-0.2, -0.15) is 31.4 Å². The minimum absolute atomic E-state index is 0.0737. The number of hydrogen-bond acceptors (Lipinski definition) is 3. The molecule has 14 heteroatoms. The molecule has 0 saturated carbocycles. The number of halogens is 8. The molecule has 2 aromatic carbocycles. The summed E-state index contributed by atoms with van der Waals surface area (Å²) in [6, 6.07) is 4.04. The molecule has 0 unspecified atom stereocenters. The van der Waals surface area contributed by atoms with Gasteiger partial charge >= 0.3 is 12.4 Å². The fourth-order valence-corrected chi connectivity index (χ4v) is 3.73. The minimum atomic E-state index is -5.19. The topological polar surface area (TPSA) is 76.0 Å². The van der Waals surface area contributed by atoms with Gasteiger partial charge in [0, 0.05) is 16.6 Å². The molecule has 38 heavy (non-hydrogen) atoms. The predicted molar refractivity (Wildman–Crippen MR) is 125 cm³/mol. The van der Waals surface area contributed by atoms with E-state index in [-0.39, 0.29) is 38.7 Å². The number of alkyl halides is 6. The molecule has 0 atom stereocenters. The third kappa shape index (κ3) is 6.44. The van der Waals surface area contributed by atoms with E-state index in [2.05, 4.69) is 15.7 Å². The van der Waals surface area contributed by atoms with Crippen LogP contribution in [0.1, 0.15) is 58.4 Å². The van der Waals surface area contributed by atoms with Crippen LogP contribution in [0.25, 0.3) is 5.69 Å². The van der Waals surface area contributed by atoms with Crippen molar-refractivity contribution in [1.82, 2.24) is 15.1 Å². The van der Waals surface area contributed by atoms with Gasteiger partial charge in [0.2, 0.25) is 0 Å². The summed E-state index contributed by atoms with van der Waals surface area (Å²) in [5.74, 6) is -3.30. The number of aromatic nitrogens is 2. The number of carbonyl (C=O) groups is 2. The van der Waals surface area contributed by atoms with E-state index in [4.69, 9.17) is 11.6 Å². The highest BCUT2D eigenvalue weighted by Gasteiger charge is 2.39. The number of benzene rings is 2. The SMILES string of the molecule is Cc1cc(Cl)cc(C(=O)NC(C)(C)C)c1NC(=O)c1cc(C(F)(F)F)nn1-c1ccc(F)cc1C(F)(F)F. The Morgan fingerprint density at radius 2 is 1.55 bits per heavy atom. The van der Waals surface area contributed by atoms with Crippen molar-refractivity contribution in [3.05, 3.63) is 75.3 Å². The second-order valence-electron chi connectivity index (χ2n) is 9.29. The number of anilines is 1. The predicted octanol–water partition coefficient (Wildman–Crippen LogP) is 6.79. The van der Waals surface area contributed by atoms with Crippen molar-refractivity contribution in [2.45, 2.75) is 45.6 Å². The first-order valence-corrected chi connectivity index (χ1v) is 11.1. The van der Waals surface area contributed by atoms with Gasteiger partial charge < -0.3 is 10.6 Å². The highest BCUT2D eigenvalue weighted by molar-refractivity contribution is 6.31. The molecule has 3 aromatic rings. The van der Waals surface area contributed by atoms with E-state index in [9.17, 15) is 40.3 Å². The molecule has 6 nitrogen and oxygen atoms in total. The third-order valence-electron chi connectivity index (χ3n) is 5.00. The monoisotopic (exact) mass is 564 g/mol. The number of amides is 2. The normalized spacial score (nSPS) is 12.4. The Labute approximate surface area is 216 Å². The molecule has 1 aromatic heterocycles. The molecule has 2 amide bonds. The second-order valence-corrected chi connectivity index (χ2v) is 9.72. The zero-order valence-electron chi connectivity index (χ0n) is 20.2. The van der Waals surface area contributed by atoms with Crippen LogP contribution >= 0.6 is 11.6 Å². The number of rotatable bonds is 4. The van der Waals surface area contributed by atoms with Gasteiger partial charge in [0.15, 0.2) is 5.69 Å². The van der Waals surface area contributed by atoms with Crippen LogP contribution in [0.5, 0.6) is 0 Å². The highest BCUT2D eigenvalue weighted by atomic mass is 35.5. The van der Waals surface area contributed by atoms with Crippen LogP contribution in [0.3, 0.4) is 0 Å². The van der Waals surface area contributed by atoms with Crippen molar-refractivity contribution in [3.63, 3.8) is 0 Å². The number of aryl methyl sites for hydroxylation is 1. The molecule has 0 radical (unpaired) electrons. The van der Waals surface area contributed by atoms with Gasteiger partial charge in [-0.25, -0.2) is 9.07 Å². The second kappa shape index (κ2) is 9.93. The summed E-state index contributed by atoms with van der Waals surface area (Å²) in [7, 11) is 0. The first-order valence-electron chi connectivity index (χ1n) is 10.8. The lowest BCUT2D eigenvalue weighted by molar-refractivity contribution is -0.141. The van der Waals surface area contributed by atoms with Gasteiger partial charge in [0.05, 0.1) is 22.5 Å². The maximum Gasteiger partial charge on any atom is 0.435 e. The highest BCUT2D eigenvalue weighted by Crippen LogP contribution is 2.37. The molecule has 204 valence electrons. The number of nitrogens with one attached hydrogen (secondary N) is 2. The zero-order chi connectivity index (χ0) is 28.8. The molecule has 0 aliphatic carbocycles. The largest absolute Gasteiger partial charge is 0.435 e. The maximum atomic E-state index is 13.6. The van der Waals surface area contributed by atoms with Crippen LogP contribution in [0, 0.1) is 12.7 Å². The number of carbonyl (C=O) groups excluding carboxylic acids is 2. The van der Waals surface area contributed by atoms with Crippen LogP contribution in [0.2, 0.25) is 5.02 Å². The van der Waals surface area contributed by atoms with Crippen LogP contribution in [0.15, 0.2) is 36.4 Å². The van der Waals surface area contributed by atoms with E-state index in [0.717, 1.165) is 0 Å². The van der Waals surface area contributed by atoms with E-state index < -0.39 is 58.2 Å². The van der Waals surface area contributed by atoms with Crippen LogP contribution in [0.4, 0.5) is 36.4 Å².